The Morgan fingerprint density at radius 2 is 2.12 bits per heavy atom. The van der Waals surface area contributed by atoms with Crippen molar-refractivity contribution in [3.8, 4) is 0 Å². The predicted molar refractivity (Wildman–Crippen MR) is 63.9 cm³/mol. The summed E-state index contributed by atoms with van der Waals surface area (Å²) in [6, 6.07) is 0. The summed E-state index contributed by atoms with van der Waals surface area (Å²) in [6.07, 6.45) is 6.75. The van der Waals surface area contributed by atoms with E-state index in [9.17, 15) is 8.42 Å². The third-order valence-electron chi connectivity index (χ3n) is 3.12. The molecule has 0 aromatic carbocycles. The van der Waals surface area contributed by atoms with Gasteiger partial charge in [0.25, 0.3) is 0 Å². The van der Waals surface area contributed by atoms with Crippen LogP contribution in [0.1, 0.15) is 37.9 Å². The fourth-order valence-corrected chi connectivity index (χ4v) is 3.73. The van der Waals surface area contributed by atoms with E-state index in [1.807, 2.05) is 0 Å². The van der Waals surface area contributed by atoms with Crippen LogP contribution >= 0.6 is 0 Å². The van der Waals surface area contributed by atoms with Crippen molar-refractivity contribution >= 4 is 10.0 Å². The van der Waals surface area contributed by atoms with Crippen LogP contribution in [0.4, 0.5) is 0 Å². The molecule has 0 radical (unpaired) electrons. The standard InChI is InChI=1S/C10H18N4O2S/c15-17(16,9-4-2-1-3-5-9)13-7-6-10-11-8-12-14-10/h8-9,13H,1-7H2,(H,11,12,14). The Balaban J connectivity index is 1.80. The lowest BCUT2D eigenvalue weighted by atomic mass is 10.0. The summed E-state index contributed by atoms with van der Waals surface area (Å²) in [5.41, 5.74) is 0. The minimum absolute atomic E-state index is 0.203. The smallest absolute Gasteiger partial charge is 0.214 e. The first-order chi connectivity index (χ1) is 8.18. The van der Waals surface area contributed by atoms with Crippen molar-refractivity contribution in [3.05, 3.63) is 12.2 Å². The lowest BCUT2D eigenvalue weighted by molar-refractivity contribution is 0.477. The molecule has 1 aromatic heterocycles. The van der Waals surface area contributed by atoms with Gasteiger partial charge in [-0.2, -0.15) is 5.10 Å². The molecule has 0 saturated heterocycles. The molecule has 0 amide bonds. The Labute approximate surface area is 101 Å². The zero-order chi connectivity index (χ0) is 12.1. The molecule has 0 aliphatic heterocycles. The molecule has 7 heteroatoms. The topological polar surface area (TPSA) is 87.7 Å². The summed E-state index contributed by atoms with van der Waals surface area (Å²) in [5.74, 6) is 0.705. The highest BCUT2D eigenvalue weighted by atomic mass is 32.2. The van der Waals surface area contributed by atoms with E-state index in [0.717, 1.165) is 32.1 Å². The largest absolute Gasteiger partial charge is 0.263 e. The predicted octanol–water partition coefficient (Wildman–Crippen LogP) is 0.599. The van der Waals surface area contributed by atoms with E-state index in [2.05, 4.69) is 19.9 Å². The molecule has 1 aliphatic rings. The number of nitrogens with zero attached hydrogens (tertiary/aromatic N) is 2. The van der Waals surface area contributed by atoms with Crippen LogP contribution in [0.15, 0.2) is 6.33 Å². The fraction of sp³-hybridized carbons (Fsp3) is 0.800. The van der Waals surface area contributed by atoms with Crippen molar-refractivity contribution in [1.29, 1.82) is 0 Å². The Morgan fingerprint density at radius 3 is 2.76 bits per heavy atom. The Hall–Kier alpha value is -0.950. The molecule has 1 aromatic rings. The lowest BCUT2D eigenvalue weighted by Gasteiger charge is -2.21. The molecular formula is C10H18N4O2S. The Bertz CT molecular complexity index is 423. The number of hydrogen-bond donors (Lipinski definition) is 2. The van der Waals surface area contributed by atoms with Crippen molar-refractivity contribution in [2.45, 2.75) is 43.8 Å². The molecule has 0 atom stereocenters. The first-order valence-electron chi connectivity index (χ1n) is 6.01. The fourth-order valence-electron chi connectivity index (χ4n) is 2.16. The van der Waals surface area contributed by atoms with Gasteiger partial charge in [0.2, 0.25) is 10.0 Å². The van der Waals surface area contributed by atoms with Gasteiger partial charge in [-0.3, -0.25) is 5.10 Å². The van der Waals surface area contributed by atoms with Gasteiger partial charge in [-0.15, -0.1) is 0 Å². The normalized spacial score (nSPS) is 18.4. The van der Waals surface area contributed by atoms with Crippen molar-refractivity contribution in [2.75, 3.05) is 6.54 Å². The average Bonchev–Trinajstić information content (AvgIpc) is 2.83. The SMILES string of the molecule is O=S(=O)(NCCc1ncn[nH]1)C1CCCCC1. The molecular weight excluding hydrogens is 240 g/mol. The molecule has 0 bridgehead atoms. The second kappa shape index (κ2) is 5.59. The highest BCUT2D eigenvalue weighted by molar-refractivity contribution is 7.90. The summed E-state index contributed by atoms with van der Waals surface area (Å²) >= 11 is 0. The van der Waals surface area contributed by atoms with Crippen LogP contribution in [-0.2, 0) is 16.4 Å². The molecule has 1 aliphatic carbocycles. The van der Waals surface area contributed by atoms with Crippen LogP contribution < -0.4 is 4.72 Å². The van der Waals surface area contributed by atoms with E-state index >= 15 is 0 Å². The van der Waals surface area contributed by atoms with Gasteiger partial charge in [-0.1, -0.05) is 19.3 Å². The number of H-pyrrole nitrogens is 1. The van der Waals surface area contributed by atoms with Crippen LogP contribution in [0.5, 0.6) is 0 Å². The van der Waals surface area contributed by atoms with Gasteiger partial charge in [-0.25, -0.2) is 18.1 Å². The summed E-state index contributed by atoms with van der Waals surface area (Å²) in [7, 11) is -3.15. The molecule has 6 nitrogen and oxygen atoms in total. The number of hydrogen-bond acceptors (Lipinski definition) is 4. The summed E-state index contributed by atoms with van der Waals surface area (Å²) in [6.45, 7) is 0.383. The highest BCUT2D eigenvalue weighted by Crippen LogP contribution is 2.22. The molecule has 0 spiro atoms. The van der Waals surface area contributed by atoms with E-state index in [4.69, 9.17) is 0 Å². The summed E-state index contributed by atoms with van der Waals surface area (Å²) < 4.78 is 26.6. The zero-order valence-corrected chi connectivity index (χ0v) is 10.5. The number of nitrogens with one attached hydrogen (secondary N) is 2. The van der Waals surface area contributed by atoms with Crippen molar-refractivity contribution in [2.24, 2.45) is 0 Å². The maximum Gasteiger partial charge on any atom is 0.214 e. The van der Waals surface area contributed by atoms with Crippen molar-refractivity contribution in [3.63, 3.8) is 0 Å². The van der Waals surface area contributed by atoms with E-state index in [0.29, 0.717) is 18.8 Å². The lowest BCUT2D eigenvalue weighted by Crippen LogP contribution is -2.36. The summed E-state index contributed by atoms with van der Waals surface area (Å²) in [5, 5.41) is 6.22. The van der Waals surface area contributed by atoms with Gasteiger partial charge in [0, 0.05) is 13.0 Å². The Kier molecular flexibility index (Phi) is 4.11. The number of rotatable bonds is 5. The molecule has 1 fully saturated rings. The van der Waals surface area contributed by atoms with Crippen LogP contribution in [0.3, 0.4) is 0 Å². The van der Waals surface area contributed by atoms with E-state index in [1.165, 1.54) is 6.33 Å². The minimum Gasteiger partial charge on any atom is -0.263 e. The minimum atomic E-state index is -3.15. The summed E-state index contributed by atoms with van der Waals surface area (Å²) in [4.78, 5) is 3.95. The third-order valence-corrected chi connectivity index (χ3v) is 5.08. The van der Waals surface area contributed by atoms with Gasteiger partial charge >= 0.3 is 0 Å². The van der Waals surface area contributed by atoms with Gasteiger partial charge < -0.3 is 0 Å². The van der Waals surface area contributed by atoms with Gasteiger partial charge in [0.05, 0.1) is 5.25 Å². The molecule has 1 saturated carbocycles. The third kappa shape index (κ3) is 3.50. The highest BCUT2D eigenvalue weighted by Gasteiger charge is 2.26. The number of aromatic nitrogens is 3. The zero-order valence-electron chi connectivity index (χ0n) is 9.72. The van der Waals surface area contributed by atoms with Crippen LogP contribution in [0.2, 0.25) is 0 Å². The molecule has 2 rings (SSSR count). The first kappa shape index (κ1) is 12.5. The van der Waals surface area contributed by atoms with Gasteiger partial charge in [-0.05, 0) is 12.8 Å². The maximum atomic E-state index is 12.0. The molecule has 0 unspecified atom stereocenters. The van der Waals surface area contributed by atoms with Crippen LogP contribution in [-0.4, -0.2) is 35.4 Å². The second-order valence-electron chi connectivity index (χ2n) is 4.38. The van der Waals surface area contributed by atoms with E-state index in [-0.39, 0.29) is 5.25 Å². The quantitative estimate of drug-likeness (QED) is 0.809. The van der Waals surface area contributed by atoms with Crippen molar-refractivity contribution < 1.29 is 8.42 Å². The van der Waals surface area contributed by atoms with E-state index < -0.39 is 10.0 Å². The van der Waals surface area contributed by atoms with Crippen molar-refractivity contribution in [1.82, 2.24) is 19.9 Å². The average molecular weight is 258 g/mol. The number of aromatic amines is 1. The second-order valence-corrected chi connectivity index (χ2v) is 6.43. The molecule has 2 N–H and O–H groups in total. The number of sulfonamides is 1. The van der Waals surface area contributed by atoms with Gasteiger partial charge in [0.1, 0.15) is 12.2 Å². The molecule has 17 heavy (non-hydrogen) atoms. The molecule has 1 heterocycles. The van der Waals surface area contributed by atoms with E-state index in [1.54, 1.807) is 0 Å². The Morgan fingerprint density at radius 1 is 1.35 bits per heavy atom. The maximum absolute atomic E-state index is 12.0. The van der Waals surface area contributed by atoms with Gasteiger partial charge in [0.15, 0.2) is 0 Å². The monoisotopic (exact) mass is 258 g/mol. The van der Waals surface area contributed by atoms with Crippen LogP contribution in [0, 0.1) is 0 Å². The van der Waals surface area contributed by atoms with Crippen LogP contribution in [0.25, 0.3) is 0 Å². The first-order valence-corrected chi connectivity index (χ1v) is 7.56. The molecule has 96 valence electrons.